The fourth-order valence-electron chi connectivity index (χ4n) is 2.21. The van der Waals surface area contributed by atoms with E-state index in [-0.39, 0.29) is 0 Å². The van der Waals surface area contributed by atoms with Crippen LogP contribution in [0.5, 0.6) is 0 Å². The minimum Gasteiger partial charge on any atom is -0.334 e. The Bertz CT molecular complexity index is 246. The molecule has 0 radical (unpaired) electrons. The van der Waals surface area contributed by atoms with Crippen LogP contribution in [0.4, 0.5) is 0 Å². The van der Waals surface area contributed by atoms with Crippen molar-refractivity contribution in [2.24, 2.45) is 0 Å². The molecule has 15 heavy (non-hydrogen) atoms. The van der Waals surface area contributed by atoms with Crippen LogP contribution in [0.25, 0.3) is 0 Å². The summed E-state index contributed by atoms with van der Waals surface area (Å²) in [5.74, 6) is 0. The number of nitrogens with one attached hydrogen (secondary N) is 1. The number of hydrogen-bond acceptors (Lipinski definition) is 0. The molecule has 0 amide bonds. The van der Waals surface area contributed by atoms with Crippen LogP contribution >= 0.6 is 0 Å². The maximum atomic E-state index is 2.43. The summed E-state index contributed by atoms with van der Waals surface area (Å²) in [6.45, 7) is 7.90. The first-order valence-corrected chi connectivity index (χ1v) is 6.21. The first-order valence-electron chi connectivity index (χ1n) is 6.21. The van der Waals surface area contributed by atoms with Crippen molar-refractivity contribution in [2.45, 2.75) is 52.5 Å². The number of rotatable bonds is 4. The highest BCUT2D eigenvalue weighted by Crippen LogP contribution is 2.15. The van der Waals surface area contributed by atoms with E-state index in [4.69, 9.17) is 0 Å². The third-order valence-corrected chi connectivity index (χ3v) is 3.43. The summed E-state index contributed by atoms with van der Waals surface area (Å²) in [7, 11) is 2.35. The summed E-state index contributed by atoms with van der Waals surface area (Å²) in [5.41, 5.74) is 3.03. The second kappa shape index (κ2) is 6.12. The molecule has 0 aromatic rings. The zero-order valence-electron chi connectivity index (χ0n) is 10.8. The lowest BCUT2D eigenvalue weighted by Gasteiger charge is -2.27. The number of hydrogen-bond donors (Lipinski definition) is 1. The molecule has 0 aromatic heterocycles. The Morgan fingerprint density at radius 1 is 1.53 bits per heavy atom. The van der Waals surface area contributed by atoms with Gasteiger partial charge in [-0.1, -0.05) is 23.3 Å². The van der Waals surface area contributed by atoms with E-state index in [1.807, 2.05) is 0 Å². The van der Waals surface area contributed by atoms with Gasteiger partial charge in [0.25, 0.3) is 0 Å². The summed E-state index contributed by atoms with van der Waals surface area (Å²) in [5, 5.41) is 0. The van der Waals surface area contributed by atoms with Crippen molar-refractivity contribution in [3.63, 3.8) is 0 Å². The molecule has 1 rings (SSSR count). The second-order valence-corrected chi connectivity index (χ2v) is 5.19. The maximum Gasteiger partial charge on any atom is 0.0910 e. The lowest BCUT2D eigenvalue weighted by atomic mass is 9.95. The van der Waals surface area contributed by atoms with Gasteiger partial charge in [-0.25, -0.2) is 0 Å². The number of allylic oxidation sites excluding steroid dienone is 2. The molecule has 0 heterocycles. The van der Waals surface area contributed by atoms with Crippen molar-refractivity contribution in [3.8, 4) is 0 Å². The lowest BCUT2D eigenvalue weighted by Crippen LogP contribution is -3.13. The summed E-state index contributed by atoms with van der Waals surface area (Å²) in [4.78, 5) is 1.70. The van der Waals surface area contributed by atoms with Crippen molar-refractivity contribution in [1.29, 1.82) is 0 Å². The highest BCUT2D eigenvalue weighted by atomic mass is 15.1. The molecular formula is C14H26N+. The van der Waals surface area contributed by atoms with Crippen LogP contribution in [0, 0.1) is 0 Å². The number of quaternary nitrogens is 1. The minimum absolute atomic E-state index is 0.860. The Morgan fingerprint density at radius 3 is 2.80 bits per heavy atom. The van der Waals surface area contributed by atoms with Gasteiger partial charge in [-0.3, -0.25) is 0 Å². The molecule has 0 bridgehead atoms. The van der Waals surface area contributed by atoms with Crippen molar-refractivity contribution >= 4 is 0 Å². The van der Waals surface area contributed by atoms with Crippen molar-refractivity contribution in [3.05, 3.63) is 23.3 Å². The van der Waals surface area contributed by atoms with E-state index in [1.165, 1.54) is 37.8 Å². The molecule has 1 nitrogen and oxygen atoms in total. The molecule has 1 aliphatic carbocycles. The Kier molecular flexibility index (Phi) is 5.10. The largest absolute Gasteiger partial charge is 0.334 e. The summed E-state index contributed by atoms with van der Waals surface area (Å²) >= 11 is 0. The standard InChI is InChI=1S/C14H25N/c1-12(2)6-5-11-15(4)14-9-7-13(3)8-10-14/h6-7,14H,5,8-11H2,1-4H3/p+1. The van der Waals surface area contributed by atoms with Gasteiger partial charge in [-0.05, 0) is 27.2 Å². The lowest BCUT2D eigenvalue weighted by molar-refractivity contribution is -0.905. The average Bonchev–Trinajstić information content (AvgIpc) is 2.18. The third kappa shape index (κ3) is 4.65. The Balaban J connectivity index is 2.29. The van der Waals surface area contributed by atoms with Crippen LogP contribution < -0.4 is 4.90 Å². The predicted molar refractivity (Wildman–Crippen MR) is 67.2 cm³/mol. The highest BCUT2D eigenvalue weighted by molar-refractivity contribution is 5.03. The van der Waals surface area contributed by atoms with E-state index >= 15 is 0 Å². The molecule has 0 saturated carbocycles. The molecule has 1 heteroatoms. The van der Waals surface area contributed by atoms with Gasteiger partial charge < -0.3 is 4.90 Å². The fraction of sp³-hybridized carbons (Fsp3) is 0.714. The Labute approximate surface area is 94.9 Å². The maximum absolute atomic E-state index is 2.43. The van der Waals surface area contributed by atoms with Crippen molar-refractivity contribution in [1.82, 2.24) is 0 Å². The van der Waals surface area contributed by atoms with Crippen molar-refractivity contribution in [2.75, 3.05) is 13.6 Å². The molecule has 1 aliphatic rings. The summed E-state index contributed by atoms with van der Waals surface area (Å²) in [6, 6.07) is 0.860. The zero-order chi connectivity index (χ0) is 11.3. The first kappa shape index (κ1) is 12.5. The van der Waals surface area contributed by atoms with Crippen LogP contribution in [0.1, 0.15) is 46.5 Å². The van der Waals surface area contributed by atoms with E-state index in [9.17, 15) is 0 Å². The van der Waals surface area contributed by atoms with Crippen LogP contribution in [-0.2, 0) is 0 Å². The predicted octanol–water partition coefficient (Wildman–Crippen LogP) is 2.36. The fourth-order valence-corrected chi connectivity index (χ4v) is 2.21. The van der Waals surface area contributed by atoms with Gasteiger partial charge in [-0.15, -0.1) is 0 Å². The van der Waals surface area contributed by atoms with E-state index in [1.54, 1.807) is 10.5 Å². The van der Waals surface area contributed by atoms with E-state index < -0.39 is 0 Å². The first-order chi connectivity index (χ1) is 7.09. The summed E-state index contributed by atoms with van der Waals surface area (Å²) < 4.78 is 0. The average molecular weight is 208 g/mol. The molecule has 0 spiro atoms. The molecule has 86 valence electrons. The molecule has 1 N–H and O–H groups in total. The molecule has 2 unspecified atom stereocenters. The van der Waals surface area contributed by atoms with Crippen molar-refractivity contribution < 1.29 is 4.90 Å². The van der Waals surface area contributed by atoms with Gasteiger partial charge >= 0.3 is 0 Å². The quantitative estimate of drug-likeness (QED) is 0.677. The summed E-state index contributed by atoms with van der Waals surface area (Å²) in [6.07, 6.45) is 9.99. The molecule has 2 atom stereocenters. The van der Waals surface area contributed by atoms with E-state index in [0.717, 1.165) is 6.04 Å². The van der Waals surface area contributed by atoms with Gasteiger partial charge in [-0.2, -0.15) is 0 Å². The van der Waals surface area contributed by atoms with Gasteiger partial charge in [0.1, 0.15) is 0 Å². The molecule has 0 aliphatic heterocycles. The van der Waals surface area contributed by atoms with Gasteiger partial charge in [0.15, 0.2) is 0 Å². The highest BCUT2D eigenvalue weighted by Gasteiger charge is 2.19. The zero-order valence-corrected chi connectivity index (χ0v) is 10.8. The van der Waals surface area contributed by atoms with Crippen LogP contribution in [-0.4, -0.2) is 19.6 Å². The molecule has 0 fully saturated rings. The van der Waals surface area contributed by atoms with Crippen LogP contribution in [0.2, 0.25) is 0 Å². The SMILES string of the molecule is CC(C)=CCC[NH+](C)C1CC=C(C)CC1. The molecular weight excluding hydrogens is 182 g/mol. The van der Waals surface area contributed by atoms with Crippen LogP contribution in [0.3, 0.4) is 0 Å². The Morgan fingerprint density at radius 2 is 2.27 bits per heavy atom. The van der Waals surface area contributed by atoms with Gasteiger partial charge in [0, 0.05) is 19.3 Å². The molecule has 0 saturated heterocycles. The normalized spacial score (nSPS) is 23.2. The van der Waals surface area contributed by atoms with Gasteiger partial charge in [0.2, 0.25) is 0 Å². The third-order valence-electron chi connectivity index (χ3n) is 3.43. The van der Waals surface area contributed by atoms with Gasteiger partial charge in [0.05, 0.1) is 19.6 Å². The second-order valence-electron chi connectivity index (χ2n) is 5.19. The van der Waals surface area contributed by atoms with Crippen LogP contribution in [0.15, 0.2) is 23.3 Å². The minimum atomic E-state index is 0.860. The Hall–Kier alpha value is -0.560. The molecule has 0 aromatic carbocycles. The monoisotopic (exact) mass is 208 g/mol. The van der Waals surface area contributed by atoms with E-state index in [2.05, 4.69) is 40.0 Å². The topological polar surface area (TPSA) is 4.44 Å². The van der Waals surface area contributed by atoms with E-state index in [0.29, 0.717) is 0 Å². The smallest absolute Gasteiger partial charge is 0.0910 e.